The van der Waals surface area contributed by atoms with Crippen LogP contribution in [-0.4, -0.2) is 19.6 Å². The summed E-state index contributed by atoms with van der Waals surface area (Å²) >= 11 is 0. The zero-order chi connectivity index (χ0) is 14.9. The summed E-state index contributed by atoms with van der Waals surface area (Å²) in [5.41, 5.74) is 2.46. The van der Waals surface area contributed by atoms with Crippen LogP contribution in [0, 0.1) is 5.82 Å². The quantitative estimate of drug-likeness (QED) is 0.495. The fourth-order valence-electron chi connectivity index (χ4n) is 2.53. The van der Waals surface area contributed by atoms with Crippen LogP contribution in [0.25, 0.3) is 0 Å². The van der Waals surface area contributed by atoms with E-state index in [1.165, 1.54) is 37.8 Å². The maximum Gasteiger partial charge on any atom is 0.191 e. The van der Waals surface area contributed by atoms with Gasteiger partial charge in [0.05, 0.1) is 0 Å². The SMILES string of the molecule is CN=C(NCCC1=CCCCC1)NCc1cccc(F)c1. The molecule has 3 nitrogen and oxygen atoms in total. The van der Waals surface area contributed by atoms with Crippen LogP contribution in [0.2, 0.25) is 0 Å². The summed E-state index contributed by atoms with van der Waals surface area (Å²) in [5.74, 6) is 0.553. The van der Waals surface area contributed by atoms with Crippen molar-refractivity contribution in [3.63, 3.8) is 0 Å². The molecule has 0 radical (unpaired) electrons. The minimum absolute atomic E-state index is 0.207. The van der Waals surface area contributed by atoms with Gasteiger partial charge in [0.25, 0.3) is 0 Å². The summed E-state index contributed by atoms with van der Waals surface area (Å²) in [6, 6.07) is 6.61. The van der Waals surface area contributed by atoms with E-state index < -0.39 is 0 Å². The molecule has 1 aliphatic carbocycles. The van der Waals surface area contributed by atoms with Gasteiger partial charge >= 0.3 is 0 Å². The van der Waals surface area contributed by atoms with Gasteiger partial charge in [0.15, 0.2) is 5.96 Å². The van der Waals surface area contributed by atoms with Crippen molar-refractivity contribution in [1.29, 1.82) is 0 Å². The Morgan fingerprint density at radius 1 is 1.29 bits per heavy atom. The molecule has 4 heteroatoms. The molecular formula is C17H24FN3. The van der Waals surface area contributed by atoms with Gasteiger partial charge in [0.2, 0.25) is 0 Å². The van der Waals surface area contributed by atoms with Crippen molar-refractivity contribution in [2.24, 2.45) is 4.99 Å². The van der Waals surface area contributed by atoms with Crippen molar-refractivity contribution in [1.82, 2.24) is 10.6 Å². The number of rotatable bonds is 5. The maximum absolute atomic E-state index is 13.1. The minimum Gasteiger partial charge on any atom is -0.356 e. The monoisotopic (exact) mass is 289 g/mol. The van der Waals surface area contributed by atoms with Crippen LogP contribution in [0.4, 0.5) is 4.39 Å². The first-order valence-electron chi connectivity index (χ1n) is 7.65. The van der Waals surface area contributed by atoms with Crippen molar-refractivity contribution >= 4 is 5.96 Å². The second-order valence-electron chi connectivity index (χ2n) is 5.34. The topological polar surface area (TPSA) is 36.4 Å². The molecule has 0 unspecified atom stereocenters. The van der Waals surface area contributed by atoms with Gasteiger partial charge < -0.3 is 10.6 Å². The normalized spacial score (nSPS) is 15.5. The third-order valence-corrected chi connectivity index (χ3v) is 3.70. The molecule has 2 N–H and O–H groups in total. The fraction of sp³-hybridized carbons (Fsp3) is 0.471. The predicted molar refractivity (Wildman–Crippen MR) is 85.8 cm³/mol. The largest absolute Gasteiger partial charge is 0.356 e. The molecule has 0 spiro atoms. The summed E-state index contributed by atoms with van der Waals surface area (Å²) < 4.78 is 13.1. The molecule has 1 aromatic carbocycles. The third kappa shape index (κ3) is 5.58. The average Bonchev–Trinajstić information content (AvgIpc) is 2.52. The van der Waals surface area contributed by atoms with Gasteiger partial charge in [-0.1, -0.05) is 23.8 Å². The Morgan fingerprint density at radius 3 is 2.90 bits per heavy atom. The van der Waals surface area contributed by atoms with E-state index in [9.17, 15) is 4.39 Å². The number of benzene rings is 1. The Bertz CT molecular complexity index is 509. The van der Waals surface area contributed by atoms with Crippen LogP contribution in [0.15, 0.2) is 40.9 Å². The van der Waals surface area contributed by atoms with Crippen molar-refractivity contribution < 1.29 is 4.39 Å². The van der Waals surface area contributed by atoms with Crippen LogP contribution < -0.4 is 10.6 Å². The van der Waals surface area contributed by atoms with E-state index in [1.54, 1.807) is 18.7 Å². The van der Waals surface area contributed by atoms with E-state index in [0.29, 0.717) is 6.54 Å². The zero-order valence-electron chi connectivity index (χ0n) is 12.7. The molecule has 0 saturated carbocycles. The lowest BCUT2D eigenvalue weighted by Gasteiger charge is -2.15. The lowest BCUT2D eigenvalue weighted by Crippen LogP contribution is -2.37. The molecule has 0 saturated heterocycles. The first kappa shape index (κ1) is 15.5. The average molecular weight is 289 g/mol. The summed E-state index contributed by atoms with van der Waals surface area (Å²) in [6.45, 7) is 1.45. The smallest absolute Gasteiger partial charge is 0.191 e. The molecular weight excluding hydrogens is 265 g/mol. The fourth-order valence-corrected chi connectivity index (χ4v) is 2.53. The predicted octanol–water partition coefficient (Wildman–Crippen LogP) is 3.38. The van der Waals surface area contributed by atoms with Crippen LogP contribution >= 0.6 is 0 Å². The summed E-state index contributed by atoms with van der Waals surface area (Å²) in [5, 5.41) is 6.51. The second kappa shape index (κ2) is 8.45. The highest BCUT2D eigenvalue weighted by Crippen LogP contribution is 2.19. The summed E-state index contributed by atoms with van der Waals surface area (Å²) in [4.78, 5) is 4.19. The molecule has 114 valence electrons. The molecule has 1 aliphatic rings. The van der Waals surface area contributed by atoms with Gasteiger partial charge in [0.1, 0.15) is 5.82 Å². The van der Waals surface area contributed by atoms with Crippen molar-refractivity contribution in [3.8, 4) is 0 Å². The maximum atomic E-state index is 13.1. The minimum atomic E-state index is -0.207. The lowest BCUT2D eigenvalue weighted by molar-refractivity contribution is 0.624. The molecule has 0 amide bonds. The zero-order valence-corrected chi connectivity index (χ0v) is 12.7. The van der Waals surface area contributed by atoms with E-state index in [1.807, 2.05) is 6.07 Å². The van der Waals surface area contributed by atoms with Gasteiger partial charge in [-0.15, -0.1) is 0 Å². The summed E-state index contributed by atoms with van der Waals surface area (Å²) in [7, 11) is 1.75. The number of nitrogens with one attached hydrogen (secondary N) is 2. The number of guanidine groups is 1. The molecule has 0 heterocycles. The van der Waals surface area contributed by atoms with E-state index in [2.05, 4.69) is 21.7 Å². The second-order valence-corrected chi connectivity index (χ2v) is 5.34. The standard InChI is InChI=1S/C17H24FN3/c1-19-17(20-11-10-14-6-3-2-4-7-14)21-13-15-8-5-9-16(18)12-15/h5-6,8-9,12H,2-4,7,10-11,13H2,1H3,(H2,19,20,21). The van der Waals surface area contributed by atoms with Crippen molar-refractivity contribution in [2.45, 2.75) is 38.6 Å². The van der Waals surface area contributed by atoms with E-state index in [-0.39, 0.29) is 5.82 Å². The molecule has 0 atom stereocenters. The van der Waals surface area contributed by atoms with Gasteiger partial charge in [-0.05, 0) is 49.8 Å². The van der Waals surface area contributed by atoms with Crippen molar-refractivity contribution in [3.05, 3.63) is 47.3 Å². The molecule has 21 heavy (non-hydrogen) atoms. The molecule has 2 rings (SSSR count). The van der Waals surface area contributed by atoms with Crippen molar-refractivity contribution in [2.75, 3.05) is 13.6 Å². The van der Waals surface area contributed by atoms with Crippen LogP contribution in [0.3, 0.4) is 0 Å². The number of hydrogen-bond acceptors (Lipinski definition) is 1. The van der Waals surface area contributed by atoms with Crippen LogP contribution in [0.1, 0.15) is 37.7 Å². The number of hydrogen-bond donors (Lipinski definition) is 2. The number of allylic oxidation sites excluding steroid dienone is 1. The Labute approximate surface area is 126 Å². The Hall–Kier alpha value is -1.84. The number of halogens is 1. The first-order chi connectivity index (χ1) is 10.3. The third-order valence-electron chi connectivity index (χ3n) is 3.70. The van der Waals surface area contributed by atoms with E-state index in [0.717, 1.165) is 24.5 Å². The Balaban J connectivity index is 1.72. The number of nitrogens with zero attached hydrogens (tertiary/aromatic N) is 1. The molecule has 0 aromatic heterocycles. The highest BCUT2D eigenvalue weighted by molar-refractivity contribution is 5.79. The number of aliphatic imine (C=N–C) groups is 1. The highest BCUT2D eigenvalue weighted by atomic mass is 19.1. The van der Waals surface area contributed by atoms with Gasteiger partial charge in [-0.3, -0.25) is 4.99 Å². The van der Waals surface area contributed by atoms with Gasteiger partial charge in [-0.25, -0.2) is 4.39 Å². The molecule has 0 aliphatic heterocycles. The van der Waals surface area contributed by atoms with Gasteiger partial charge in [0, 0.05) is 20.1 Å². The molecule has 0 fully saturated rings. The van der Waals surface area contributed by atoms with E-state index >= 15 is 0 Å². The summed E-state index contributed by atoms with van der Waals surface area (Å²) in [6.07, 6.45) is 8.54. The van der Waals surface area contributed by atoms with E-state index in [4.69, 9.17) is 0 Å². The Morgan fingerprint density at radius 2 is 2.19 bits per heavy atom. The molecule has 1 aromatic rings. The van der Waals surface area contributed by atoms with Gasteiger partial charge in [-0.2, -0.15) is 0 Å². The van der Waals surface area contributed by atoms with Crippen LogP contribution in [0.5, 0.6) is 0 Å². The van der Waals surface area contributed by atoms with Crippen LogP contribution in [-0.2, 0) is 6.54 Å². The molecule has 0 bridgehead atoms. The first-order valence-corrected chi connectivity index (χ1v) is 7.65. The lowest BCUT2D eigenvalue weighted by atomic mass is 9.97. The Kier molecular flexibility index (Phi) is 6.25. The highest BCUT2D eigenvalue weighted by Gasteiger charge is 2.04.